The largest absolute Gasteiger partial charge is 0.354 e. The van der Waals surface area contributed by atoms with Crippen LogP contribution in [0.15, 0.2) is 24.7 Å². The molecule has 0 spiro atoms. The van der Waals surface area contributed by atoms with Gasteiger partial charge in [-0.3, -0.25) is 9.78 Å². The third-order valence-corrected chi connectivity index (χ3v) is 3.99. The van der Waals surface area contributed by atoms with E-state index in [1.165, 1.54) is 24.0 Å². The summed E-state index contributed by atoms with van der Waals surface area (Å²) < 4.78 is 21.7. The van der Waals surface area contributed by atoms with Crippen molar-refractivity contribution in [1.29, 1.82) is 0 Å². The van der Waals surface area contributed by atoms with Crippen LogP contribution in [0.5, 0.6) is 0 Å². The van der Waals surface area contributed by atoms with Crippen LogP contribution >= 0.6 is 11.7 Å². The van der Waals surface area contributed by atoms with Crippen molar-refractivity contribution in [1.82, 2.24) is 19.0 Å². The summed E-state index contributed by atoms with van der Waals surface area (Å²) in [6, 6.07) is 1.44. The second kappa shape index (κ2) is 6.13. The molecule has 21 heavy (non-hydrogen) atoms. The van der Waals surface area contributed by atoms with E-state index in [1.807, 2.05) is 0 Å². The molecule has 3 heterocycles. The minimum Gasteiger partial charge on any atom is -0.354 e. The summed E-state index contributed by atoms with van der Waals surface area (Å²) in [6.45, 7) is 1.60. The van der Waals surface area contributed by atoms with Crippen LogP contribution in [0.4, 0.5) is 10.2 Å². The van der Waals surface area contributed by atoms with E-state index in [0.29, 0.717) is 0 Å². The van der Waals surface area contributed by atoms with Crippen molar-refractivity contribution in [3.8, 4) is 0 Å². The standard InChI is InChI=1S/C13H14FN5OS/c14-11-7-15-4-1-10(11)13(20)17-9-2-5-19(6-3-9)12-8-16-21-18-12/h1,4,7-9H,2-3,5-6H2,(H,17,20). The molecule has 0 aliphatic carbocycles. The van der Waals surface area contributed by atoms with Gasteiger partial charge in [0.05, 0.1) is 29.7 Å². The van der Waals surface area contributed by atoms with Crippen LogP contribution in [0.1, 0.15) is 23.2 Å². The number of aromatic nitrogens is 3. The second-order valence-electron chi connectivity index (χ2n) is 4.86. The van der Waals surface area contributed by atoms with Gasteiger partial charge < -0.3 is 10.2 Å². The Labute approximate surface area is 125 Å². The zero-order chi connectivity index (χ0) is 14.7. The molecule has 6 nitrogen and oxygen atoms in total. The number of piperidine rings is 1. The Balaban J connectivity index is 1.56. The molecule has 0 bridgehead atoms. The normalized spacial score (nSPS) is 16.0. The number of amides is 1. The summed E-state index contributed by atoms with van der Waals surface area (Å²) in [5, 5.41) is 2.88. The van der Waals surface area contributed by atoms with Gasteiger partial charge >= 0.3 is 0 Å². The predicted molar refractivity (Wildman–Crippen MR) is 76.8 cm³/mol. The van der Waals surface area contributed by atoms with E-state index in [1.54, 1.807) is 6.20 Å². The van der Waals surface area contributed by atoms with Gasteiger partial charge in [0.1, 0.15) is 0 Å². The lowest BCUT2D eigenvalue weighted by atomic mass is 10.0. The molecule has 1 aliphatic heterocycles. The van der Waals surface area contributed by atoms with Gasteiger partial charge in [0.15, 0.2) is 11.6 Å². The minimum atomic E-state index is -0.596. The quantitative estimate of drug-likeness (QED) is 0.930. The molecule has 3 rings (SSSR count). The SMILES string of the molecule is O=C(NC1CCN(c2cnsn2)CC1)c1ccncc1F. The van der Waals surface area contributed by atoms with E-state index in [9.17, 15) is 9.18 Å². The number of hydrogen-bond acceptors (Lipinski definition) is 6. The van der Waals surface area contributed by atoms with Crippen molar-refractivity contribution in [2.24, 2.45) is 0 Å². The van der Waals surface area contributed by atoms with E-state index in [4.69, 9.17) is 0 Å². The molecular weight excluding hydrogens is 293 g/mol. The fourth-order valence-electron chi connectivity index (χ4n) is 2.37. The van der Waals surface area contributed by atoms with Gasteiger partial charge in [-0.15, -0.1) is 0 Å². The number of halogens is 1. The zero-order valence-corrected chi connectivity index (χ0v) is 12.0. The summed E-state index contributed by atoms with van der Waals surface area (Å²) in [7, 11) is 0. The van der Waals surface area contributed by atoms with E-state index >= 15 is 0 Å². The molecule has 0 radical (unpaired) electrons. The molecule has 1 N–H and O–H groups in total. The molecular formula is C13H14FN5OS. The molecule has 0 aromatic carbocycles. The Bertz CT molecular complexity index is 613. The third kappa shape index (κ3) is 3.15. The Morgan fingerprint density at radius 3 is 2.86 bits per heavy atom. The summed E-state index contributed by atoms with van der Waals surface area (Å²) in [6.07, 6.45) is 5.81. The van der Waals surface area contributed by atoms with Crippen molar-refractivity contribution < 1.29 is 9.18 Å². The number of carbonyl (C=O) groups is 1. The molecule has 2 aromatic heterocycles. The molecule has 0 atom stereocenters. The van der Waals surface area contributed by atoms with E-state index in [2.05, 4.69) is 23.9 Å². The van der Waals surface area contributed by atoms with Gasteiger partial charge in [-0.25, -0.2) is 4.39 Å². The van der Waals surface area contributed by atoms with Crippen LogP contribution in [0, 0.1) is 5.82 Å². The van der Waals surface area contributed by atoms with Crippen LogP contribution < -0.4 is 10.2 Å². The van der Waals surface area contributed by atoms with Gasteiger partial charge in [-0.2, -0.15) is 8.75 Å². The van der Waals surface area contributed by atoms with Crippen LogP contribution in [0.3, 0.4) is 0 Å². The highest BCUT2D eigenvalue weighted by molar-refractivity contribution is 6.99. The van der Waals surface area contributed by atoms with Crippen LogP contribution in [-0.4, -0.2) is 38.8 Å². The maximum atomic E-state index is 13.5. The molecule has 1 fully saturated rings. The number of nitrogens with one attached hydrogen (secondary N) is 1. The molecule has 0 saturated carbocycles. The lowest BCUT2D eigenvalue weighted by Crippen LogP contribution is -2.45. The van der Waals surface area contributed by atoms with Crippen LogP contribution in [0.25, 0.3) is 0 Å². The monoisotopic (exact) mass is 307 g/mol. The summed E-state index contributed by atoms with van der Waals surface area (Å²) in [4.78, 5) is 17.8. The highest BCUT2D eigenvalue weighted by Gasteiger charge is 2.23. The Hall–Kier alpha value is -2.09. The minimum absolute atomic E-state index is 0.0381. The first kappa shape index (κ1) is 13.9. The molecule has 0 unspecified atom stereocenters. The number of hydrogen-bond donors (Lipinski definition) is 1. The van der Waals surface area contributed by atoms with E-state index in [-0.39, 0.29) is 17.5 Å². The second-order valence-corrected chi connectivity index (χ2v) is 5.41. The first-order chi connectivity index (χ1) is 10.2. The number of pyridine rings is 1. The van der Waals surface area contributed by atoms with Crippen molar-refractivity contribution in [2.75, 3.05) is 18.0 Å². The first-order valence-corrected chi connectivity index (χ1v) is 7.40. The topological polar surface area (TPSA) is 71.0 Å². The van der Waals surface area contributed by atoms with E-state index in [0.717, 1.165) is 37.9 Å². The molecule has 2 aromatic rings. The molecule has 1 aliphatic rings. The Morgan fingerprint density at radius 2 is 2.19 bits per heavy atom. The average molecular weight is 307 g/mol. The van der Waals surface area contributed by atoms with Crippen LogP contribution in [0.2, 0.25) is 0 Å². The molecule has 1 saturated heterocycles. The van der Waals surface area contributed by atoms with Crippen molar-refractivity contribution in [2.45, 2.75) is 18.9 Å². The zero-order valence-electron chi connectivity index (χ0n) is 11.2. The Morgan fingerprint density at radius 1 is 1.38 bits per heavy atom. The highest BCUT2D eigenvalue weighted by atomic mass is 32.1. The molecule has 8 heteroatoms. The van der Waals surface area contributed by atoms with Gasteiger partial charge in [0, 0.05) is 25.3 Å². The summed E-state index contributed by atoms with van der Waals surface area (Å²) >= 11 is 1.18. The third-order valence-electron chi connectivity index (χ3n) is 3.52. The van der Waals surface area contributed by atoms with E-state index < -0.39 is 5.82 Å². The number of carbonyl (C=O) groups excluding carboxylic acids is 1. The summed E-state index contributed by atoms with van der Waals surface area (Å²) in [5.41, 5.74) is 0.0381. The van der Waals surface area contributed by atoms with Gasteiger partial charge in [-0.05, 0) is 18.9 Å². The van der Waals surface area contributed by atoms with Crippen molar-refractivity contribution in [3.05, 3.63) is 36.0 Å². The number of nitrogens with zero attached hydrogens (tertiary/aromatic N) is 4. The van der Waals surface area contributed by atoms with Gasteiger partial charge in [-0.1, -0.05) is 0 Å². The van der Waals surface area contributed by atoms with Gasteiger partial charge in [0.2, 0.25) is 0 Å². The number of anilines is 1. The maximum absolute atomic E-state index is 13.5. The molecule has 110 valence electrons. The number of rotatable bonds is 3. The van der Waals surface area contributed by atoms with Crippen LogP contribution in [-0.2, 0) is 0 Å². The summed E-state index contributed by atoms with van der Waals surface area (Å²) in [5.74, 6) is -0.102. The highest BCUT2D eigenvalue weighted by Crippen LogP contribution is 2.18. The molecule has 1 amide bonds. The predicted octanol–water partition coefficient (Wildman–Crippen LogP) is 1.47. The smallest absolute Gasteiger partial charge is 0.254 e. The van der Waals surface area contributed by atoms with Gasteiger partial charge in [0.25, 0.3) is 5.91 Å². The first-order valence-electron chi connectivity index (χ1n) is 6.67. The lowest BCUT2D eigenvalue weighted by molar-refractivity contribution is 0.0927. The Kier molecular flexibility index (Phi) is 4.05. The fraction of sp³-hybridized carbons (Fsp3) is 0.385. The van der Waals surface area contributed by atoms with Crippen molar-refractivity contribution in [3.63, 3.8) is 0 Å². The maximum Gasteiger partial charge on any atom is 0.254 e. The van der Waals surface area contributed by atoms with Crippen molar-refractivity contribution >= 4 is 23.5 Å². The fourth-order valence-corrected chi connectivity index (χ4v) is 2.81. The average Bonchev–Trinajstić information content (AvgIpc) is 3.02. The lowest BCUT2D eigenvalue weighted by Gasteiger charge is -2.32.